The first kappa shape index (κ1) is 12.8. The third kappa shape index (κ3) is 5.43. The van der Waals surface area contributed by atoms with Crippen LogP contribution in [0.25, 0.3) is 0 Å². The van der Waals surface area contributed by atoms with Crippen molar-refractivity contribution in [2.45, 2.75) is 19.0 Å². The number of hydrogen-bond donors (Lipinski definition) is 0. The van der Waals surface area contributed by atoms with Crippen molar-refractivity contribution in [1.82, 2.24) is 0 Å². The van der Waals surface area contributed by atoms with Gasteiger partial charge in [-0.25, -0.2) is 12.1 Å². The molecular formula is C8H8F3K. The predicted octanol–water partition coefficient (Wildman–Crippen LogP) is -0.0956. The van der Waals surface area contributed by atoms with Crippen LogP contribution in [0.2, 0.25) is 0 Å². The third-order valence-corrected chi connectivity index (χ3v) is 1.43. The van der Waals surface area contributed by atoms with Gasteiger partial charge < -0.3 is 0 Å². The fourth-order valence-corrected chi connectivity index (χ4v) is 0.867. The van der Waals surface area contributed by atoms with Crippen LogP contribution in [0.3, 0.4) is 0 Å². The molecule has 12 heavy (non-hydrogen) atoms. The van der Waals surface area contributed by atoms with Crippen LogP contribution in [-0.4, -0.2) is 6.18 Å². The molecule has 0 atom stereocenters. The van der Waals surface area contributed by atoms with E-state index in [-0.39, 0.29) is 57.8 Å². The number of alkyl halides is 3. The second-order valence-electron chi connectivity index (χ2n) is 2.41. The molecule has 0 aliphatic rings. The minimum atomic E-state index is -4.03. The largest absolute Gasteiger partial charge is 1.00 e. The maximum atomic E-state index is 11.6. The van der Waals surface area contributed by atoms with Gasteiger partial charge in [-0.1, -0.05) is 6.42 Å². The molecular weight excluding hydrogens is 192 g/mol. The van der Waals surface area contributed by atoms with Crippen LogP contribution < -0.4 is 51.4 Å². The summed E-state index contributed by atoms with van der Waals surface area (Å²) < 4.78 is 34.9. The minimum Gasteiger partial charge on any atom is -0.213 e. The molecule has 0 aromatic heterocycles. The van der Waals surface area contributed by atoms with Gasteiger partial charge in [-0.3, -0.25) is 0 Å². The van der Waals surface area contributed by atoms with E-state index < -0.39 is 12.6 Å². The zero-order valence-corrected chi connectivity index (χ0v) is 9.98. The number of aryl methyl sites for hydroxylation is 1. The second-order valence-corrected chi connectivity index (χ2v) is 2.41. The molecule has 4 heteroatoms. The smallest absolute Gasteiger partial charge is 0.213 e. The molecule has 0 spiro atoms. The van der Waals surface area contributed by atoms with Gasteiger partial charge in [0.15, 0.2) is 0 Å². The van der Waals surface area contributed by atoms with Crippen LogP contribution in [0.15, 0.2) is 24.3 Å². The molecule has 0 saturated heterocycles. The maximum absolute atomic E-state index is 11.6. The maximum Gasteiger partial charge on any atom is 1.00 e. The summed E-state index contributed by atoms with van der Waals surface area (Å²) in [6.07, 6.45) is -4.66. The van der Waals surface area contributed by atoms with Crippen molar-refractivity contribution in [2.24, 2.45) is 0 Å². The van der Waals surface area contributed by atoms with Crippen LogP contribution in [-0.2, 0) is 6.42 Å². The summed E-state index contributed by atoms with van der Waals surface area (Å²) in [6, 6.07) is 6.88. The fraction of sp³-hybridized carbons (Fsp3) is 0.375. The third-order valence-electron chi connectivity index (χ3n) is 1.43. The molecule has 1 aromatic rings. The van der Waals surface area contributed by atoms with Gasteiger partial charge in [0.05, 0.1) is 0 Å². The number of halogens is 3. The van der Waals surface area contributed by atoms with Gasteiger partial charge in [0.25, 0.3) is 0 Å². The van der Waals surface area contributed by atoms with Crippen molar-refractivity contribution >= 4 is 0 Å². The molecule has 0 N–H and O–H groups in total. The molecule has 0 heterocycles. The number of rotatable bonds is 2. The Morgan fingerprint density at radius 3 is 2.00 bits per heavy atom. The Hall–Kier alpha value is 0.776. The summed E-state index contributed by atoms with van der Waals surface area (Å²) in [7, 11) is 0. The number of hydrogen-bond acceptors (Lipinski definition) is 0. The van der Waals surface area contributed by atoms with E-state index in [0.717, 1.165) is 5.56 Å². The first-order valence-electron chi connectivity index (χ1n) is 3.35. The summed E-state index contributed by atoms with van der Waals surface area (Å²) in [5.74, 6) is 0. The van der Waals surface area contributed by atoms with Gasteiger partial charge in [0.2, 0.25) is 0 Å². The van der Waals surface area contributed by atoms with E-state index in [9.17, 15) is 13.2 Å². The summed E-state index contributed by atoms with van der Waals surface area (Å²) in [4.78, 5) is 0. The van der Waals surface area contributed by atoms with Crippen molar-refractivity contribution in [3.63, 3.8) is 0 Å². The van der Waals surface area contributed by atoms with Crippen LogP contribution in [0.1, 0.15) is 12.0 Å². The van der Waals surface area contributed by atoms with E-state index in [2.05, 4.69) is 0 Å². The molecule has 0 aliphatic carbocycles. The van der Waals surface area contributed by atoms with Gasteiger partial charge in [0.1, 0.15) is 0 Å². The van der Waals surface area contributed by atoms with Gasteiger partial charge in [-0.2, -0.15) is 30.9 Å². The zero-order chi connectivity index (χ0) is 8.32. The van der Waals surface area contributed by atoms with Crippen molar-refractivity contribution in [3.8, 4) is 0 Å². The van der Waals surface area contributed by atoms with Crippen LogP contribution in [0.5, 0.6) is 0 Å². The average molecular weight is 200 g/mol. The van der Waals surface area contributed by atoms with E-state index in [0.29, 0.717) is 0 Å². The van der Waals surface area contributed by atoms with E-state index in [4.69, 9.17) is 0 Å². The van der Waals surface area contributed by atoms with Crippen LogP contribution in [0.4, 0.5) is 13.2 Å². The fourth-order valence-electron chi connectivity index (χ4n) is 0.867. The normalized spacial score (nSPS) is 10.9. The molecule has 0 aliphatic heterocycles. The SMILES string of the molecule is FC(F)(F)CC[c-]1cccc1.[K+]. The van der Waals surface area contributed by atoms with Crippen LogP contribution >= 0.6 is 0 Å². The van der Waals surface area contributed by atoms with Crippen molar-refractivity contribution in [3.05, 3.63) is 29.8 Å². The molecule has 62 valence electrons. The topological polar surface area (TPSA) is 0 Å². The Morgan fingerprint density at radius 1 is 1.08 bits per heavy atom. The molecule has 0 nitrogen and oxygen atoms in total. The standard InChI is InChI=1S/C8H8F3.K/c9-8(10,11)6-5-7-3-1-2-4-7;/h1-4H,5-6H2;/q-1;+1. The predicted molar refractivity (Wildman–Crippen MR) is 36.4 cm³/mol. The zero-order valence-electron chi connectivity index (χ0n) is 6.86. The Morgan fingerprint density at radius 2 is 1.58 bits per heavy atom. The van der Waals surface area contributed by atoms with Crippen molar-refractivity contribution in [1.29, 1.82) is 0 Å². The molecule has 0 saturated carbocycles. The average Bonchev–Trinajstić information content (AvgIpc) is 2.32. The molecule has 1 rings (SSSR count). The molecule has 0 amide bonds. The van der Waals surface area contributed by atoms with Gasteiger partial charge >= 0.3 is 57.6 Å². The quantitative estimate of drug-likeness (QED) is 0.462. The summed E-state index contributed by atoms with van der Waals surface area (Å²) in [5, 5.41) is 0. The molecule has 0 radical (unpaired) electrons. The minimum absolute atomic E-state index is 0. The molecule has 0 unspecified atom stereocenters. The van der Waals surface area contributed by atoms with E-state index in [1.54, 1.807) is 24.3 Å². The van der Waals surface area contributed by atoms with Crippen molar-refractivity contribution in [2.75, 3.05) is 0 Å². The summed E-state index contributed by atoms with van der Waals surface area (Å²) in [6.45, 7) is 0. The first-order chi connectivity index (χ1) is 5.08. The molecule has 0 bridgehead atoms. The van der Waals surface area contributed by atoms with E-state index in [1.807, 2.05) is 0 Å². The summed E-state index contributed by atoms with van der Waals surface area (Å²) >= 11 is 0. The van der Waals surface area contributed by atoms with Crippen LogP contribution in [0, 0.1) is 0 Å². The first-order valence-corrected chi connectivity index (χ1v) is 3.35. The Balaban J connectivity index is 0.00000121. The Kier molecular flexibility index (Phi) is 5.85. The van der Waals surface area contributed by atoms with Gasteiger partial charge in [0, 0.05) is 6.42 Å². The monoisotopic (exact) mass is 200 g/mol. The Labute approximate surface area is 112 Å². The van der Waals surface area contributed by atoms with Gasteiger partial charge in [-0.05, 0) is 0 Å². The Bertz CT molecular complexity index is 201. The molecule has 0 fully saturated rings. The van der Waals surface area contributed by atoms with Gasteiger partial charge in [-0.15, -0.1) is 0 Å². The summed E-state index contributed by atoms with van der Waals surface area (Å²) in [5.41, 5.74) is 0.752. The van der Waals surface area contributed by atoms with E-state index >= 15 is 0 Å². The second kappa shape index (κ2) is 5.49. The van der Waals surface area contributed by atoms with E-state index in [1.165, 1.54) is 0 Å². The van der Waals surface area contributed by atoms with Crippen molar-refractivity contribution < 1.29 is 64.6 Å². The molecule has 1 aromatic carbocycles.